The van der Waals surface area contributed by atoms with E-state index in [1.807, 2.05) is 30.3 Å². The number of carboxylic acid groups (broad SMARTS) is 1. The zero-order valence-electron chi connectivity index (χ0n) is 9.96. The molecule has 0 saturated carbocycles. The molecule has 1 aromatic rings. The number of aliphatic carboxylic acids is 1. The van der Waals surface area contributed by atoms with Gasteiger partial charge in [0.2, 0.25) is 0 Å². The molecular formula is C12H16N2O3. The standard InChI is InChI=1S/C12H16N2O3/c1-13(2)12(17)14(9-11(15)16)8-10-6-4-3-5-7-10/h3-7H,8-9H2,1-2H3,(H,15,16). The van der Waals surface area contributed by atoms with Crippen molar-refractivity contribution in [2.45, 2.75) is 6.54 Å². The molecule has 5 nitrogen and oxygen atoms in total. The van der Waals surface area contributed by atoms with Crippen molar-refractivity contribution in [2.75, 3.05) is 20.6 Å². The SMILES string of the molecule is CN(C)C(=O)N(CC(=O)O)Cc1ccccc1. The van der Waals surface area contributed by atoms with E-state index in [-0.39, 0.29) is 12.6 Å². The van der Waals surface area contributed by atoms with Crippen LogP contribution in [0.15, 0.2) is 30.3 Å². The molecule has 0 aliphatic rings. The van der Waals surface area contributed by atoms with Crippen LogP contribution in [0.3, 0.4) is 0 Å². The number of carbonyl (C=O) groups is 2. The Morgan fingerprint density at radius 1 is 1.18 bits per heavy atom. The number of carboxylic acids is 1. The average Bonchev–Trinajstić information content (AvgIpc) is 2.28. The number of nitrogens with zero attached hydrogens (tertiary/aromatic N) is 2. The molecule has 0 saturated heterocycles. The van der Waals surface area contributed by atoms with Crippen LogP contribution in [0.5, 0.6) is 0 Å². The van der Waals surface area contributed by atoms with Crippen LogP contribution in [0.2, 0.25) is 0 Å². The maximum absolute atomic E-state index is 11.8. The number of rotatable bonds is 4. The monoisotopic (exact) mass is 236 g/mol. The van der Waals surface area contributed by atoms with E-state index in [1.54, 1.807) is 14.1 Å². The van der Waals surface area contributed by atoms with Gasteiger partial charge in [-0.05, 0) is 5.56 Å². The zero-order chi connectivity index (χ0) is 12.8. The summed E-state index contributed by atoms with van der Waals surface area (Å²) in [7, 11) is 3.20. The van der Waals surface area contributed by atoms with Gasteiger partial charge in [0.15, 0.2) is 0 Å². The van der Waals surface area contributed by atoms with Gasteiger partial charge in [0.1, 0.15) is 6.54 Å². The minimum Gasteiger partial charge on any atom is -0.480 e. The molecule has 92 valence electrons. The Bertz CT molecular complexity index is 390. The van der Waals surface area contributed by atoms with Gasteiger partial charge < -0.3 is 14.9 Å². The topological polar surface area (TPSA) is 60.9 Å². The minimum absolute atomic E-state index is 0.296. The smallest absolute Gasteiger partial charge is 0.323 e. The normalized spacial score (nSPS) is 9.76. The van der Waals surface area contributed by atoms with Crippen molar-refractivity contribution in [2.24, 2.45) is 0 Å². The van der Waals surface area contributed by atoms with Crippen LogP contribution >= 0.6 is 0 Å². The van der Waals surface area contributed by atoms with Crippen LogP contribution < -0.4 is 0 Å². The number of carbonyl (C=O) groups excluding carboxylic acids is 1. The van der Waals surface area contributed by atoms with Crippen LogP contribution in [0.1, 0.15) is 5.56 Å². The van der Waals surface area contributed by atoms with Crippen molar-refractivity contribution in [3.8, 4) is 0 Å². The van der Waals surface area contributed by atoms with E-state index in [1.165, 1.54) is 9.80 Å². The van der Waals surface area contributed by atoms with Gasteiger partial charge >= 0.3 is 12.0 Å². The van der Waals surface area contributed by atoms with Gasteiger partial charge in [-0.1, -0.05) is 30.3 Å². The molecule has 0 radical (unpaired) electrons. The Balaban J connectivity index is 2.77. The van der Waals surface area contributed by atoms with Crippen molar-refractivity contribution in [1.82, 2.24) is 9.80 Å². The molecule has 0 fully saturated rings. The average molecular weight is 236 g/mol. The van der Waals surface area contributed by atoms with Gasteiger partial charge in [-0.3, -0.25) is 4.79 Å². The summed E-state index contributed by atoms with van der Waals surface area (Å²) in [6.45, 7) is -0.00391. The van der Waals surface area contributed by atoms with Crippen molar-refractivity contribution in [1.29, 1.82) is 0 Å². The van der Waals surface area contributed by atoms with Gasteiger partial charge in [-0.25, -0.2) is 4.79 Å². The second-order valence-electron chi connectivity index (χ2n) is 3.91. The first-order valence-electron chi connectivity index (χ1n) is 5.22. The van der Waals surface area contributed by atoms with Gasteiger partial charge in [0.25, 0.3) is 0 Å². The van der Waals surface area contributed by atoms with Crippen molar-refractivity contribution < 1.29 is 14.7 Å². The first-order valence-corrected chi connectivity index (χ1v) is 5.22. The first-order chi connectivity index (χ1) is 8.00. The molecule has 17 heavy (non-hydrogen) atoms. The highest BCUT2D eigenvalue weighted by Gasteiger charge is 2.18. The largest absolute Gasteiger partial charge is 0.480 e. The van der Waals surface area contributed by atoms with Crippen molar-refractivity contribution >= 4 is 12.0 Å². The number of benzene rings is 1. The fourth-order valence-electron chi connectivity index (χ4n) is 1.44. The minimum atomic E-state index is -1.02. The third kappa shape index (κ3) is 4.14. The summed E-state index contributed by atoms with van der Waals surface area (Å²) in [5.41, 5.74) is 0.906. The first kappa shape index (κ1) is 13.0. The summed E-state index contributed by atoms with van der Waals surface area (Å²) in [6, 6.07) is 8.99. The molecule has 0 spiro atoms. The molecule has 1 rings (SSSR count). The lowest BCUT2D eigenvalue weighted by Gasteiger charge is -2.24. The molecule has 5 heteroatoms. The van der Waals surface area contributed by atoms with Crippen LogP contribution in [0.25, 0.3) is 0 Å². The van der Waals surface area contributed by atoms with Crippen LogP contribution in [-0.4, -0.2) is 47.5 Å². The maximum atomic E-state index is 11.8. The van der Waals surface area contributed by atoms with E-state index in [9.17, 15) is 9.59 Å². The summed E-state index contributed by atoms with van der Waals surface area (Å²) >= 11 is 0. The second kappa shape index (κ2) is 5.89. The number of urea groups is 1. The summed E-state index contributed by atoms with van der Waals surface area (Å²) in [6.07, 6.45) is 0. The van der Waals surface area contributed by atoms with Crippen LogP contribution in [0.4, 0.5) is 4.79 Å². The maximum Gasteiger partial charge on any atom is 0.323 e. The lowest BCUT2D eigenvalue weighted by Crippen LogP contribution is -2.41. The van der Waals surface area contributed by atoms with E-state index in [0.29, 0.717) is 6.54 Å². The molecule has 0 unspecified atom stereocenters. The highest BCUT2D eigenvalue weighted by Crippen LogP contribution is 2.06. The predicted molar refractivity (Wildman–Crippen MR) is 63.6 cm³/mol. The molecule has 0 bridgehead atoms. The van der Waals surface area contributed by atoms with E-state index >= 15 is 0 Å². The van der Waals surface area contributed by atoms with Gasteiger partial charge in [-0.2, -0.15) is 0 Å². The van der Waals surface area contributed by atoms with E-state index in [4.69, 9.17) is 5.11 Å². The van der Waals surface area contributed by atoms with Gasteiger partial charge in [0.05, 0.1) is 0 Å². The quantitative estimate of drug-likeness (QED) is 0.856. The molecule has 0 atom stereocenters. The molecule has 0 aliphatic heterocycles. The molecule has 2 amide bonds. The molecule has 1 aromatic carbocycles. The lowest BCUT2D eigenvalue weighted by atomic mass is 10.2. The fourth-order valence-corrected chi connectivity index (χ4v) is 1.44. The predicted octanol–water partition coefficient (Wildman–Crippen LogP) is 1.25. The van der Waals surface area contributed by atoms with Crippen molar-refractivity contribution in [3.05, 3.63) is 35.9 Å². The molecular weight excluding hydrogens is 220 g/mol. The Morgan fingerprint density at radius 3 is 2.24 bits per heavy atom. The molecule has 0 aliphatic carbocycles. The van der Waals surface area contributed by atoms with Crippen LogP contribution in [0, 0.1) is 0 Å². The number of hydrogen-bond donors (Lipinski definition) is 1. The van der Waals surface area contributed by atoms with Gasteiger partial charge in [0, 0.05) is 20.6 Å². The number of hydrogen-bond acceptors (Lipinski definition) is 2. The molecule has 0 aromatic heterocycles. The summed E-state index contributed by atoms with van der Waals surface area (Å²) in [5.74, 6) is -1.02. The summed E-state index contributed by atoms with van der Waals surface area (Å²) < 4.78 is 0. The third-order valence-corrected chi connectivity index (χ3v) is 2.20. The van der Waals surface area contributed by atoms with Crippen LogP contribution in [-0.2, 0) is 11.3 Å². The Hall–Kier alpha value is -2.04. The fraction of sp³-hybridized carbons (Fsp3) is 0.333. The van der Waals surface area contributed by atoms with E-state index in [2.05, 4.69) is 0 Å². The molecule has 1 N–H and O–H groups in total. The van der Waals surface area contributed by atoms with E-state index < -0.39 is 5.97 Å². The summed E-state index contributed by atoms with van der Waals surface area (Å²) in [5, 5.41) is 8.78. The highest BCUT2D eigenvalue weighted by molar-refractivity contribution is 5.79. The third-order valence-electron chi connectivity index (χ3n) is 2.20. The Morgan fingerprint density at radius 2 is 1.76 bits per heavy atom. The Kier molecular flexibility index (Phi) is 4.51. The second-order valence-corrected chi connectivity index (χ2v) is 3.91. The van der Waals surface area contributed by atoms with E-state index in [0.717, 1.165) is 5.56 Å². The lowest BCUT2D eigenvalue weighted by molar-refractivity contribution is -0.137. The highest BCUT2D eigenvalue weighted by atomic mass is 16.4. The zero-order valence-corrected chi connectivity index (χ0v) is 9.96. The summed E-state index contributed by atoms with van der Waals surface area (Å²) in [4.78, 5) is 25.1. The Labute approximate surface area is 100 Å². The van der Waals surface area contributed by atoms with Crippen molar-refractivity contribution in [3.63, 3.8) is 0 Å². The molecule has 0 heterocycles. The number of amides is 2. The van der Waals surface area contributed by atoms with Gasteiger partial charge in [-0.15, -0.1) is 0 Å².